The van der Waals surface area contributed by atoms with Crippen molar-refractivity contribution in [2.24, 2.45) is 0 Å². The number of hydrogen-bond donors (Lipinski definition) is 0. The molecule has 1 rings (SSSR count). The van der Waals surface area contributed by atoms with Crippen molar-refractivity contribution in [1.82, 2.24) is 4.98 Å². The lowest BCUT2D eigenvalue weighted by molar-refractivity contribution is 0.409. The van der Waals surface area contributed by atoms with Crippen LogP contribution in [0.3, 0.4) is 0 Å². The van der Waals surface area contributed by atoms with Crippen LogP contribution in [-0.2, 0) is 5.33 Å². The van der Waals surface area contributed by atoms with Gasteiger partial charge in [0.2, 0.25) is 0 Å². The molecule has 1 aromatic rings. The Morgan fingerprint density at radius 2 is 2.27 bits per heavy atom. The summed E-state index contributed by atoms with van der Waals surface area (Å²) in [6, 6.07) is 3.80. The zero-order chi connectivity index (χ0) is 8.27. The minimum absolute atomic E-state index is 0.747. The molecule has 0 N–H and O–H groups in total. The van der Waals surface area contributed by atoms with Gasteiger partial charge in [-0.05, 0) is 28.1 Å². The summed E-state index contributed by atoms with van der Waals surface area (Å²) in [4.78, 5) is 4.21. The van der Waals surface area contributed by atoms with E-state index in [1.807, 2.05) is 12.1 Å². The lowest BCUT2D eigenvalue weighted by Crippen LogP contribution is -1.90. The van der Waals surface area contributed by atoms with E-state index in [1.54, 1.807) is 7.11 Å². The van der Waals surface area contributed by atoms with Crippen LogP contribution in [0, 0.1) is 0 Å². The molecule has 2 nitrogen and oxygen atoms in total. The molecule has 0 amide bonds. The minimum atomic E-state index is 0.747. The molecule has 0 aliphatic heterocycles. The predicted molar refractivity (Wildman–Crippen MR) is 51.1 cm³/mol. The molecular formula is C7H7Br2NO. The highest BCUT2D eigenvalue weighted by Gasteiger charge is 2.00. The molecule has 0 atom stereocenters. The maximum absolute atomic E-state index is 5.02. The predicted octanol–water partition coefficient (Wildman–Crippen LogP) is 2.75. The van der Waals surface area contributed by atoms with Crippen molar-refractivity contribution >= 4 is 31.9 Å². The zero-order valence-corrected chi connectivity index (χ0v) is 9.15. The molecule has 0 saturated carbocycles. The van der Waals surface area contributed by atoms with E-state index in [-0.39, 0.29) is 0 Å². The first kappa shape index (κ1) is 9.00. The van der Waals surface area contributed by atoms with Gasteiger partial charge in [0.1, 0.15) is 4.60 Å². The van der Waals surface area contributed by atoms with E-state index in [1.165, 1.54) is 0 Å². The second-order valence-electron chi connectivity index (χ2n) is 1.93. The van der Waals surface area contributed by atoms with Crippen LogP contribution < -0.4 is 4.74 Å². The number of nitrogens with zero attached hydrogens (tertiary/aromatic N) is 1. The molecule has 0 radical (unpaired) electrons. The number of hydrogen-bond acceptors (Lipinski definition) is 2. The summed E-state index contributed by atoms with van der Waals surface area (Å²) in [5.74, 6) is 0.759. The fourth-order valence-electron chi connectivity index (χ4n) is 0.686. The highest BCUT2D eigenvalue weighted by molar-refractivity contribution is 9.10. The van der Waals surface area contributed by atoms with Gasteiger partial charge in [-0.25, -0.2) is 4.98 Å². The lowest BCUT2D eigenvalue weighted by atomic mass is 10.4. The van der Waals surface area contributed by atoms with Crippen LogP contribution in [0.2, 0.25) is 0 Å². The second-order valence-corrected chi connectivity index (χ2v) is 3.24. The monoisotopic (exact) mass is 279 g/mol. The zero-order valence-electron chi connectivity index (χ0n) is 5.97. The fraction of sp³-hybridized carbons (Fsp3) is 0.286. The Kier molecular flexibility index (Phi) is 3.33. The Morgan fingerprint density at radius 1 is 1.55 bits per heavy atom. The summed E-state index contributed by atoms with van der Waals surface area (Å²) in [6.07, 6.45) is 0. The van der Waals surface area contributed by atoms with Crippen LogP contribution in [0.5, 0.6) is 5.75 Å². The molecule has 0 unspecified atom stereocenters. The summed E-state index contributed by atoms with van der Waals surface area (Å²) in [6.45, 7) is 0. The molecule has 0 aromatic carbocycles. The maximum Gasteiger partial charge on any atom is 0.151 e. The van der Waals surface area contributed by atoms with E-state index < -0.39 is 0 Å². The Bertz CT molecular complexity index is 252. The van der Waals surface area contributed by atoms with Crippen LogP contribution in [-0.4, -0.2) is 12.1 Å². The lowest BCUT2D eigenvalue weighted by Gasteiger charge is -2.02. The third-order valence-electron chi connectivity index (χ3n) is 1.23. The van der Waals surface area contributed by atoms with Crippen molar-refractivity contribution < 1.29 is 4.74 Å². The summed E-state index contributed by atoms with van der Waals surface area (Å²) in [7, 11) is 1.62. The molecule has 4 heteroatoms. The number of ether oxygens (including phenoxy) is 1. The van der Waals surface area contributed by atoms with Crippen molar-refractivity contribution in [1.29, 1.82) is 0 Å². The number of alkyl halides is 1. The van der Waals surface area contributed by atoms with Crippen LogP contribution in [0.4, 0.5) is 0 Å². The van der Waals surface area contributed by atoms with Gasteiger partial charge in [-0.1, -0.05) is 15.9 Å². The highest BCUT2D eigenvalue weighted by Crippen LogP contribution is 2.22. The molecule has 1 aromatic heterocycles. The highest BCUT2D eigenvalue weighted by atomic mass is 79.9. The van der Waals surface area contributed by atoms with Gasteiger partial charge in [0.15, 0.2) is 5.75 Å². The smallest absolute Gasteiger partial charge is 0.151 e. The summed E-state index contributed by atoms with van der Waals surface area (Å²) in [5, 5.41) is 0.760. The fourth-order valence-corrected chi connectivity index (χ4v) is 1.52. The minimum Gasteiger partial charge on any atom is -0.494 e. The first-order valence-corrected chi connectivity index (χ1v) is 4.94. The third kappa shape index (κ3) is 2.17. The normalized spacial score (nSPS) is 9.73. The molecule has 0 spiro atoms. The van der Waals surface area contributed by atoms with Gasteiger partial charge in [-0.2, -0.15) is 0 Å². The average molecular weight is 281 g/mol. The van der Waals surface area contributed by atoms with Crippen molar-refractivity contribution in [3.05, 3.63) is 22.4 Å². The molecule has 0 fully saturated rings. The van der Waals surface area contributed by atoms with Gasteiger partial charge >= 0.3 is 0 Å². The van der Waals surface area contributed by atoms with E-state index in [0.29, 0.717) is 0 Å². The van der Waals surface area contributed by atoms with Crippen molar-refractivity contribution in [3.8, 4) is 5.75 Å². The Hall–Kier alpha value is -0.0900. The maximum atomic E-state index is 5.02. The van der Waals surface area contributed by atoms with Gasteiger partial charge in [0.05, 0.1) is 12.8 Å². The molecule has 60 valence electrons. The number of pyridine rings is 1. The molecule has 11 heavy (non-hydrogen) atoms. The Labute approximate surface area is 82.2 Å². The van der Waals surface area contributed by atoms with E-state index >= 15 is 0 Å². The number of methoxy groups -OCH3 is 1. The van der Waals surface area contributed by atoms with Crippen molar-refractivity contribution in [2.45, 2.75) is 5.33 Å². The van der Waals surface area contributed by atoms with Crippen LogP contribution in [0.15, 0.2) is 16.7 Å². The largest absolute Gasteiger partial charge is 0.494 e. The molecule has 0 aliphatic rings. The first-order valence-electron chi connectivity index (χ1n) is 3.03. The van der Waals surface area contributed by atoms with Gasteiger partial charge in [0.25, 0.3) is 0 Å². The summed E-state index contributed by atoms with van der Waals surface area (Å²) < 4.78 is 5.77. The van der Waals surface area contributed by atoms with Crippen molar-refractivity contribution in [3.63, 3.8) is 0 Å². The average Bonchev–Trinajstić information content (AvgIpc) is 2.04. The van der Waals surface area contributed by atoms with Gasteiger partial charge < -0.3 is 4.74 Å². The van der Waals surface area contributed by atoms with E-state index in [4.69, 9.17) is 4.74 Å². The Balaban J connectivity index is 2.99. The molecule has 1 heterocycles. The third-order valence-corrected chi connectivity index (χ3v) is 2.37. The van der Waals surface area contributed by atoms with E-state index in [2.05, 4.69) is 36.8 Å². The number of rotatable bonds is 2. The first-order chi connectivity index (χ1) is 5.27. The SMILES string of the molecule is COc1ccc(CBr)nc1Br. The van der Waals surface area contributed by atoms with E-state index in [0.717, 1.165) is 21.4 Å². The number of aromatic nitrogens is 1. The van der Waals surface area contributed by atoms with Crippen molar-refractivity contribution in [2.75, 3.05) is 7.11 Å². The topological polar surface area (TPSA) is 22.1 Å². The van der Waals surface area contributed by atoms with Gasteiger partial charge in [-0.15, -0.1) is 0 Å². The molecule has 0 saturated heterocycles. The number of halogens is 2. The summed E-state index contributed by atoms with van der Waals surface area (Å²) >= 11 is 6.61. The quantitative estimate of drug-likeness (QED) is 0.614. The van der Waals surface area contributed by atoms with Crippen LogP contribution >= 0.6 is 31.9 Å². The van der Waals surface area contributed by atoms with E-state index in [9.17, 15) is 0 Å². The van der Waals surface area contributed by atoms with Gasteiger partial charge in [-0.3, -0.25) is 0 Å². The van der Waals surface area contributed by atoms with Crippen LogP contribution in [0.1, 0.15) is 5.69 Å². The molecule has 0 aliphatic carbocycles. The standard InChI is InChI=1S/C7H7Br2NO/c1-11-6-3-2-5(4-8)10-7(6)9/h2-3H,4H2,1H3. The van der Waals surface area contributed by atoms with Crippen LogP contribution in [0.25, 0.3) is 0 Å². The summed E-state index contributed by atoms with van der Waals surface area (Å²) in [5.41, 5.74) is 0.984. The Morgan fingerprint density at radius 3 is 2.73 bits per heavy atom. The molecule has 0 bridgehead atoms. The second kappa shape index (κ2) is 4.07. The molecular weight excluding hydrogens is 274 g/mol. The van der Waals surface area contributed by atoms with Gasteiger partial charge in [0, 0.05) is 5.33 Å².